The summed E-state index contributed by atoms with van der Waals surface area (Å²) in [5.41, 5.74) is 1.87. The zero-order valence-electron chi connectivity index (χ0n) is 14.2. The molecule has 1 fully saturated rings. The molecule has 1 amide bonds. The van der Waals surface area contributed by atoms with Crippen LogP contribution in [0.5, 0.6) is 11.5 Å². The first-order chi connectivity index (χ1) is 11.7. The maximum absolute atomic E-state index is 12.9. The Labute approximate surface area is 143 Å². The molecule has 1 unspecified atom stereocenters. The molecule has 24 heavy (non-hydrogen) atoms. The van der Waals surface area contributed by atoms with Gasteiger partial charge in [0.2, 0.25) is 0 Å². The van der Waals surface area contributed by atoms with E-state index in [2.05, 4.69) is 0 Å². The summed E-state index contributed by atoms with van der Waals surface area (Å²) >= 11 is 0. The Morgan fingerprint density at radius 1 is 1.08 bits per heavy atom. The Hall–Kier alpha value is -2.49. The van der Waals surface area contributed by atoms with E-state index < -0.39 is 0 Å². The fourth-order valence-electron chi connectivity index (χ4n) is 3.21. The van der Waals surface area contributed by atoms with Crippen molar-refractivity contribution in [1.29, 1.82) is 0 Å². The molecular formula is C20H23NO3. The first kappa shape index (κ1) is 16.4. The van der Waals surface area contributed by atoms with Crippen LogP contribution in [0.3, 0.4) is 0 Å². The molecule has 2 aromatic carbocycles. The summed E-state index contributed by atoms with van der Waals surface area (Å²) in [5, 5.41) is 0. The van der Waals surface area contributed by atoms with Gasteiger partial charge in [-0.25, -0.2) is 0 Å². The molecule has 1 aliphatic rings. The summed E-state index contributed by atoms with van der Waals surface area (Å²) in [6.07, 6.45) is 2.02. The monoisotopic (exact) mass is 325 g/mol. The number of likely N-dealkylation sites (tertiary alicyclic amines) is 1. The summed E-state index contributed by atoms with van der Waals surface area (Å²) < 4.78 is 10.7. The van der Waals surface area contributed by atoms with Crippen LogP contribution in [0, 0.1) is 0 Å². The number of hydrogen-bond donors (Lipinski definition) is 0. The van der Waals surface area contributed by atoms with Gasteiger partial charge in [-0.2, -0.15) is 0 Å². The summed E-state index contributed by atoms with van der Waals surface area (Å²) in [5.74, 6) is 1.71. The molecule has 4 nitrogen and oxygen atoms in total. The van der Waals surface area contributed by atoms with Crippen LogP contribution in [0.1, 0.15) is 41.7 Å². The number of nitrogens with zero attached hydrogens (tertiary/aromatic N) is 1. The van der Waals surface area contributed by atoms with Crippen molar-refractivity contribution in [2.45, 2.75) is 25.8 Å². The third-order valence-corrected chi connectivity index (χ3v) is 4.43. The van der Waals surface area contributed by atoms with Gasteiger partial charge in [0.05, 0.1) is 19.8 Å². The van der Waals surface area contributed by atoms with E-state index in [9.17, 15) is 4.79 Å². The Bertz CT molecular complexity index is 679. The van der Waals surface area contributed by atoms with Gasteiger partial charge in [0, 0.05) is 12.1 Å². The SMILES string of the molecule is CCOc1ccc(C(=O)N2CCCC2c2ccc(OC)cc2)cc1. The number of rotatable bonds is 5. The molecule has 0 aliphatic carbocycles. The maximum atomic E-state index is 12.9. The lowest BCUT2D eigenvalue weighted by Crippen LogP contribution is -2.30. The van der Waals surface area contributed by atoms with Crippen molar-refractivity contribution in [2.75, 3.05) is 20.3 Å². The van der Waals surface area contributed by atoms with Crippen molar-refractivity contribution in [3.63, 3.8) is 0 Å². The molecule has 0 aromatic heterocycles. The van der Waals surface area contributed by atoms with Crippen molar-refractivity contribution < 1.29 is 14.3 Å². The quantitative estimate of drug-likeness (QED) is 0.832. The molecule has 126 valence electrons. The van der Waals surface area contributed by atoms with Crippen LogP contribution in [-0.2, 0) is 0 Å². The molecule has 1 heterocycles. The fraction of sp³-hybridized carbons (Fsp3) is 0.350. The maximum Gasteiger partial charge on any atom is 0.254 e. The van der Waals surface area contributed by atoms with Crippen LogP contribution in [0.4, 0.5) is 0 Å². The van der Waals surface area contributed by atoms with E-state index >= 15 is 0 Å². The minimum atomic E-state index is 0.0800. The minimum absolute atomic E-state index is 0.0800. The average molecular weight is 325 g/mol. The second kappa shape index (κ2) is 7.39. The van der Waals surface area contributed by atoms with Crippen LogP contribution >= 0.6 is 0 Å². The van der Waals surface area contributed by atoms with Gasteiger partial charge in [-0.1, -0.05) is 12.1 Å². The van der Waals surface area contributed by atoms with Crippen molar-refractivity contribution in [3.05, 3.63) is 59.7 Å². The fourth-order valence-corrected chi connectivity index (χ4v) is 3.21. The van der Waals surface area contributed by atoms with Crippen LogP contribution in [-0.4, -0.2) is 31.1 Å². The molecule has 3 rings (SSSR count). The van der Waals surface area contributed by atoms with E-state index in [0.29, 0.717) is 12.2 Å². The Balaban J connectivity index is 1.77. The van der Waals surface area contributed by atoms with Gasteiger partial charge in [-0.05, 0) is 61.7 Å². The van der Waals surface area contributed by atoms with Gasteiger partial charge in [0.25, 0.3) is 5.91 Å². The molecule has 2 aromatic rings. The Kier molecular flexibility index (Phi) is 5.04. The normalized spacial score (nSPS) is 16.9. The largest absolute Gasteiger partial charge is 0.497 e. The lowest BCUT2D eigenvalue weighted by molar-refractivity contribution is 0.0735. The van der Waals surface area contributed by atoms with Gasteiger partial charge in [0.1, 0.15) is 11.5 Å². The number of carbonyl (C=O) groups excluding carboxylic acids is 1. The molecular weight excluding hydrogens is 302 g/mol. The summed E-state index contributed by atoms with van der Waals surface area (Å²) in [6.45, 7) is 3.37. The molecule has 1 aliphatic heterocycles. The van der Waals surface area contributed by atoms with Crippen LogP contribution in [0.15, 0.2) is 48.5 Å². The molecule has 1 saturated heterocycles. The van der Waals surface area contributed by atoms with E-state index in [1.807, 2.05) is 60.4 Å². The van der Waals surface area contributed by atoms with E-state index in [0.717, 1.165) is 36.4 Å². The number of methoxy groups -OCH3 is 1. The van der Waals surface area contributed by atoms with Crippen LogP contribution in [0.2, 0.25) is 0 Å². The number of carbonyl (C=O) groups is 1. The molecule has 0 saturated carbocycles. The zero-order valence-corrected chi connectivity index (χ0v) is 14.2. The molecule has 0 radical (unpaired) electrons. The second-order valence-electron chi connectivity index (χ2n) is 5.89. The zero-order chi connectivity index (χ0) is 16.9. The lowest BCUT2D eigenvalue weighted by atomic mass is 10.0. The van der Waals surface area contributed by atoms with E-state index in [4.69, 9.17) is 9.47 Å². The van der Waals surface area contributed by atoms with Crippen molar-refractivity contribution >= 4 is 5.91 Å². The highest BCUT2D eigenvalue weighted by Gasteiger charge is 2.30. The van der Waals surface area contributed by atoms with Gasteiger partial charge in [-0.15, -0.1) is 0 Å². The van der Waals surface area contributed by atoms with Gasteiger partial charge < -0.3 is 14.4 Å². The highest BCUT2D eigenvalue weighted by molar-refractivity contribution is 5.94. The van der Waals surface area contributed by atoms with Gasteiger partial charge in [0.15, 0.2) is 0 Å². The standard InChI is InChI=1S/C20H23NO3/c1-3-24-18-12-8-16(9-13-18)20(22)21-14-4-5-19(21)15-6-10-17(23-2)11-7-15/h6-13,19H,3-5,14H2,1-2H3. The minimum Gasteiger partial charge on any atom is -0.497 e. The molecule has 4 heteroatoms. The van der Waals surface area contributed by atoms with Crippen molar-refractivity contribution in [1.82, 2.24) is 4.90 Å². The number of amides is 1. The molecule has 0 bridgehead atoms. The average Bonchev–Trinajstić information content (AvgIpc) is 3.12. The molecule has 0 spiro atoms. The van der Waals surface area contributed by atoms with E-state index in [1.54, 1.807) is 7.11 Å². The summed E-state index contributed by atoms with van der Waals surface area (Å²) in [4.78, 5) is 14.9. The topological polar surface area (TPSA) is 38.8 Å². The van der Waals surface area contributed by atoms with E-state index in [1.165, 1.54) is 0 Å². The van der Waals surface area contributed by atoms with Crippen molar-refractivity contribution in [3.8, 4) is 11.5 Å². The smallest absolute Gasteiger partial charge is 0.254 e. The van der Waals surface area contributed by atoms with Gasteiger partial charge >= 0.3 is 0 Å². The third kappa shape index (κ3) is 3.37. The van der Waals surface area contributed by atoms with Crippen molar-refractivity contribution in [2.24, 2.45) is 0 Å². The predicted molar refractivity (Wildman–Crippen MR) is 93.6 cm³/mol. The van der Waals surface area contributed by atoms with Crippen LogP contribution < -0.4 is 9.47 Å². The second-order valence-corrected chi connectivity index (χ2v) is 5.89. The Morgan fingerprint density at radius 2 is 1.75 bits per heavy atom. The lowest BCUT2D eigenvalue weighted by Gasteiger charge is -2.25. The predicted octanol–water partition coefficient (Wildman–Crippen LogP) is 4.07. The summed E-state index contributed by atoms with van der Waals surface area (Å²) in [7, 11) is 1.66. The summed E-state index contributed by atoms with van der Waals surface area (Å²) in [6, 6.07) is 15.5. The first-order valence-corrected chi connectivity index (χ1v) is 8.40. The van der Waals surface area contributed by atoms with E-state index in [-0.39, 0.29) is 11.9 Å². The third-order valence-electron chi connectivity index (χ3n) is 4.43. The highest BCUT2D eigenvalue weighted by atomic mass is 16.5. The Morgan fingerprint density at radius 3 is 2.38 bits per heavy atom. The number of benzene rings is 2. The number of ether oxygens (including phenoxy) is 2. The van der Waals surface area contributed by atoms with Crippen LogP contribution in [0.25, 0.3) is 0 Å². The first-order valence-electron chi connectivity index (χ1n) is 8.40. The van der Waals surface area contributed by atoms with Gasteiger partial charge in [-0.3, -0.25) is 4.79 Å². The number of hydrogen-bond acceptors (Lipinski definition) is 3. The molecule has 1 atom stereocenters. The molecule has 0 N–H and O–H groups in total. The highest BCUT2D eigenvalue weighted by Crippen LogP contribution is 2.34.